The zero-order valence-electron chi connectivity index (χ0n) is 13.2. The fourth-order valence-corrected chi connectivity index (χ4v) is 1.22. The first-order chi connectivity index (χ1) is 10.1. The van der Waals surface area contributed by atoms with Gasteiger partial charge in [-0.2, -0.15) is 0 Å². The van der Waals surface area contributed by atoms with Gasteiger partial charge >= 0.3 is 11.9 Å². The molecule has 1 rings (SSSR count). The van der Waals surface area contributed by atoms with Crippen LogP contribution < -0.4 is 21.5 Å². The van der Waals surface area contributed by atoms with Crippen molar-refractivity contribution in [3.05, 3.63) is 37.5 Å². The Morgan fingerprint density at radius 2 is 1.64 bits per heavy atom. The molecule has 0 aliphatic rings. The van der Waals surface area contributed by atoms with Crippen LogP contribution in [0, 0.1) is 0 Å². The minimum absolute atomic E-state index is 0. The van der Waals surface area contributed by atoms with Gasteiger partial charge in [-0.1, -0.05) is 6.58 Å². The van der Waals surface area contributed by atoms with Crippen LogP contribution in [-0.2, 0) is 25.6 Å². The summed E-state index contributed by atoms with van der Waals surface area (Å²) in [5.74, 6) is -1.07. The van der Waals surface area contributed by atoms with Crippen molar-refractivity contribution in [2.75, 3.05) is 13.2 Å². The van der Waals surface area contributed by atoms with Gasteiger partial charge in [0.1, 0.15) is 12.4 Å². The van der Waals surface area contributed by atoms with Gasteiger partial charge in [0.2, 0.25) is 6.33 Å². The molecule has 0 bridgehead atoms. The highest BCUT2D eigenvalue weighted by Crippen LogP contribution is 1.84. The summed E-state index contributed by atoms with van der Waals surface area (Å²) >= 11 is 0. The Morgan fingerprint density at radius 3 is 1.91 bits per heavy atom. The van der Waals surface area contributed by atoms with Crippen molar-refractivity contribution in [1.82, 2.24) is 4.57 Å². The van der Waals surface area contributed by atoms with Gasteiger partial charge < -0.3 is 26.5 Å². The number of rotatable bonds is 6. The quantitative estimate of drug-likeness (QED) is 0.348. The smallest absolute Gasteiger partial charge is 0.330 e. The van der Waals surface area contributed by atoms with Crippen molar-refractivity contribution < 1.29 is 40.6 Å². The predicted molar refractivity (Wildman–Crippen MR) is 79.1 cm³/mol. The molecule has 1 aromatic heterocycles. The predicted octanol–water partition coefficient (Wildman–Crippen LogP) is -1.43. The second-order valence-electron chi connectivity index (χ2n) is 3.71. The van der Waals surface area contributed by atoms with Crippen LogP contribution >= 0.6 is 0 Å². The number of ether oxygens (including phenoxy) is 2. The Kier molecular flexibility index (Phi) is 14.3. The highest BCUT2D eigenvalue weighted by atomic mass is 79.9. The lowest BCUT2D eigenvalue weighted by molar-refractivity contribution is -0.692. The van der Waals surface area contributed by atoms with Gasteiger partial charge in [-0.25, -0.2) is 18.7 Å². The number of aryl methyl sites for hydroxylation is 1. The number of halogens is 1. The van der Waals surface area contributed by atoms with E-state index in [2.05, 4.69) is 27.5 Å². The highest BCUT2D eigenvalue weighted by molar-refractivity contribution is 5.91. The molecule has 1 aromatic rings. The number of esters is 2. The minimum atomic E-state index is -0.537. The van der Waals surface area contributed by atoms with Crippen molar-refractivity contribution in [3.63, 3.8) is 0 Å². The molecule has 0 N–H and O–H groups in total. The van der Waals surface area contributed by atoms with Gasteiger partial charge in [-0.15, -0.1) is 0 Å². The van der Waals surface area contributed by atoms with Gasteiger partial charge in [0, 0.05) is 12.2 Å². The van der Waals surface area contributed by atoms with E-state index < -0.39 is 11.9 Å². The maximum absolute atomic E-state index is 10.6. The van der Waals surface area contributed by atoms with E-state index in [0.717, 1.165) is 18.7 Å². The van der Waals surface area contributed by atoms with E-state index in [4.69, 9.17) is 0 Å². The summed E-state index contributed by atoms with van der Waals surface area (Å²) in [6, 6.07) is 0. The van der Waals surface area contributed by atoms with Crippen molar-refractivity contribution in [2.24, 2.45) is 0 Å². The zero-order chi connectivity index (χ0) is 16.1. The standard InChI is InChI=1S/C8H12O4.C7H11N2.BrH/c1-3-11-7(9)5-6-8(10)12-4-2;1-3-8-5-6-9(4-2)7-8;/h5-6H,3-4H2,1-2H3;3,5-7H,1,4H2,2H3;1H/q;+1;/p-1/b6-5-;;. The van der Waals surface area contributed by atoms with Gasteiger partial charge in [-0.3, -0.25) is 0 Å². The number of carbonyl (C=O) groups is 2. The van der Waals surface area contributed by atoms with Crippen molar-refractivity contribution in [1.29, 1.82) is 0 Å². The van der Waals surface area contributed by atoms with Crippen LogP contribution in [0.4, 0.5) is 0 Å². The zero-order valence-corrected chi connectivity index (χ0v) is 14.8. The van der Waals surface area contributed by atoms with E-state index in [1.165, 1.54) is 0 Å². The molecule has 124 valence electrons. The third-order valence-electron chi connectivity index (χ3n) is 2.22. The molecule has 0 aliphatic carbocycles. The van der Waals surface area contributed by atoms with E-state index in [1.54, 1.807) is 20.0 Å². The molecule has 22 heavy (non-hydrogen) atoms. The maximum Gasteiger partial charge on any atom is 0.330 e. The molecule has 0 unspecified atom stereocenters. The third kappa shape index (κ3) is 10.8. The molecule has 0 aliphatic heterocycles. The monoisotopic (exact) mass is 374 g/mol. The minimum Gasteiger partial charge on any atom is -1.00 e. The normalized spacial score (nSPS) is 9.23. The number of hydrogen-bond donors (Lipinski definition) is 0. The summed E-state index contributed by atoms with van der Waals surface area (Å²) in [6.07, 6.45) is 9.83. The van der Waals surface area contributed by atoms with Gasteiger partial charge in [0.05, 0.1) is 26.0 Å². The number of carbonyl (C=O) groups excluding carboxylic acids is 2. The fourth-order valence-electron chi connectivity index (χ4n) is 1.22. The molecule has 0 saturated heterocycles. The van der Waals surface area contributed by atoms with Gasteiger partial charge in [-0.05, 0) is 20.8 Å². The molecule has 1 heterocycles. The van der Waals surface area contributed by atoms with E-state index >= 15 is 0 Å². The Morgan fingerprint density at radius 1 is 1.14 bits per heavy atom. The van der Waals surface area contributed by atoms with Crippen molar-refractivity contribution in [3.8, 4) is 0 Å². The Hall–Kier alpha value is -1.89. The summed E-state index contributed by atoms with van der Waals surface area (Å²) < 4.78 is 13.1. The molecule has 0 spiro atoms. The number of nitrogens with zero attached hydrogens (tertiary/aromatic N) is 2. The lowest BCUT2D eigenvalue weighted by Crippen LogP contribution is -3.00. The molecule has 0 aromatic carbocycles. The Bertz CT molecular complexity index is 464. The summed E-state index contributed by atoms with van der Waals surface area (Å²) in [7, 11) is 0. The molecule has 0 atom stereocenters. The van der Waals surface area contributed by atoms with Crippen molar-refractivity contribution >= 4 is 18.1 Å². The second kappa shape index (κ2) is 14.1. The topological polar surface area (TPSA) is 61.4 Å². The van der Waals surface area contributed by atoms with Crippen LogP contribution in [-0.4, -0.2) is 29.7 Å². The first-order valence-corrected chi connectivity index (χ1v) is 6.77. The maximum atomic E-state index is 10.6. The molecular weight excluding hydrogens is 352 g/mol. The molecular formula is C15H23BrN2O4. The second-order valence-corrected chi connectivity index (χ2v) is 3.71. The lowest BCUT2D eigenvalue weighted by Gasteiger charge is -1.95. The average molecular weight is 375 g/mol. The lowest BCUT2D eigenvalue weighted by atomic mass is 10.5. The Labute approximate surface area is 141 Å². The Balaban J connectivity index is 0. The van der Waals surface area contributed by atoms with Crippen LogP contribution in [0.25, 0.3) is 6.20 Å². The molecule has 0 fully saturated rings. The summed E-state index contributed by atoms with van der Waals surface area (Å²) in [6.45, 7) is 10.7. The fraction of sp³-hybridized carbons (Fsp3) is 0.400. The van der Waals surface area contributed by atoms with Crippen LogP contribution in [0.3, 0.4) is 0 Å². The molecule has 0 saturated carbocycles. The number of aromatic nitrogens is 2. The first-order valence-electron chi connectivity index (χ1n) is 6.77. The SMILES string of the molecule is C=Cn1cc[n+](CC)c1.CCOC(=O)/C=C\C(=O)OCC.[Br-]. The molecule has 0 amide bonds. The van der Waals surface area contributed by atoms with E-state index in [-0.39, 0.29) is 17.0 Å². The van der Waals surface area contributed by atoms with Crippen LogP contribution in [0.2, 0.25) is 0 Å². The van der Waals surface area contributed by atoms with Crippen molar-refractivity contribution in [2.45, 2.75) is 27.3 Å². The number of imidazole rings is 1. The highest BCUT2D eigenvalue weighted by Gasteiger charge is 1.97. The van der Waals surface area contributed by atoms with E-state index in [1.807, 2.05) is 23.3 Å². The first kappa shape index (κ1) is 22.4. The van der Waals surface area contributed by atoms with Gasteiger partial charge in [0.15, 0.2) is 0 Å². The molecule has 6 nitrogen and oxygen atoms in total. The van der Waals surface area contributed by atoms with E-state index in [0.29, 0.717) is 13.2 Å². The molecule has 7 heteroatoms. The summed E-state index contributed by atoms with van der Waals surface area (Å²) in [5.41, 5.74) is 0. The average Bonchev–Trinajstić information content (AvgIpc) is 2.95. The van der Waals surface area contributed by atoms with Crippen LogP contribution in [0.1, 0.15) is 20.8 Å². The third-order valence-corrected chi connectivity index (χ3v) is 2.22. The van der Waals surface area contributed by atoms with Gasteiger partial charge in [0.25, 0.3) is 0 Å². The molecule has 0 radical (unpaired) electrons. The van der Waals surface area contributed by atoms with Crippen LogP contribution in [0.5, 0.6) is 0 Å². The van der Waals surface area contributed by atoms with Crippen LogP contribution in [0.15, 0.2) is 37.5 Å². The number of hydrogen-bond acceptors (Lipinski definition) is 4. The van der Waals surface area contributed by atoms with E-state index in [9.17, 15) is 9.59 Å². The summed E-state index contributed by atoms with van der Waals surface area (Å²) in [4.78, 5) is 21.3. The summed E-state index contributed by atoms with van der Waals surface area (Å²) in [5, 5.41) is 0. The largest absolute Gasteiger partial charge is 1.00 e.